The van der Waals surface area contributed by atoms with Crippen molar-refractivity contribution in [3.05, 3.63) is 20.9 Å². The molecule has 2 unspecified atom stereocenters. The van der Waals surface area contributed by atoms with Crippen molar-refractivity contribution in [3.63, 3.8) is 0 Å². The summed E-state index contributed by atoms with van der Waals surface area (Å²) in [5.41, 5.74) is 16.7. The van der Waals surface area contributed by atoms with Gasteiger partial charge in [0.25, 0.3) is 0 Å². The fourth-order valence-electron chi connectivity index (χ4n) is 1.57. The predicted molar refractivity (Wildman–Crippen MR) is 61.0 cm³/mol. The van der Waals surface area contributed by atoms with Gasteiger partial charge in [0.1, 0.15) is 6.17 Å². The van der Waals surface area contributed by atoms with E-state index in [1.54, 1.807) is 0 Å². The maximum atomic E-state index is 8.34. The van der Waals surface area contributed by atoms with E-state index in [0.29, 0.717) is 19.6 Å². The number of rotatable bonds is 7. The lowest BCUT2D eigenvalue weighted by Crippen LogP contribution is -2.18. The lowest BCUT2D eigenvalue weighted by molar-refractivity contribution is 0.0351. The second-order valence-corrected chi connectivity index (χ2v) is 3.95. The second-order valence-electron chi connectivity index (χ2n) is 3.95. The predicted octanol–water partition coefficient (Wildman–Crippen LogP) is 2.76. The highest BCUT2D eigenvalue weighted by molar-refractivity contribution is 4.72. The maximum absolute atomic E-state index is 8.34. The molecular formula is C9H16N6O2. The van der Waals surface area contributed by atoms with E-state index >= 15 is 0 Å². The number of hydrogen-bond donors (Lipinski definition) is 0. The molecule has 0 aromatic carbocycles. The van der Waals surface area contributed by atoms with Gasteiger partial charge in [-0.2, -0.15) is 0 Å². The Morgan fingerprint density at radius 1 is 1.41 bits per heavy atom. The molecule has 0 saturated carbocycles. The quantitative estimate of drug-likeness (QED) is 0.386. The van der Waals surface area contributed by atoms with Crippen LogP contribution in [-0.2, 0) is 9.47 Å². The molecule has 0 aliphatic carbocycles. The van der Waals surface area contributed by atoms with Gasteiger partial charge in [-0.25, -0.2) is 0 Å². The Morgan fingerprint density at radius 2 is 2.12 bits per heavy atom. The summed E-state index contributed by atoms with van der Waals surface area (Å²) in [6.07, 6.45) is 1.08. The fraction of sp³-hybridized carbons (Fsp3) is 1.00. The molecule has 0 spiro atoms. The number of nitrogens with zero attached hydrogens (tertiary/aromatic N) is 6. The molecule has 0 amide bonds. The van der Waals surface area contributed by atoms with Crippen LogP contribution >= 0.6 is 0 Å². The van der Waals surface area contributed by atoms with Crippen LogP contribution in [0.4, 0.5) is 0 Å². The molecule has 0 aromatic heterocycles. The van der Waals surface area contributed by atoms with Crippen molar-refractivity contribution in [2.45, 2.75) is 32.0 Å². The molecule has 94 valence electrons. The third kappa shape index (κ3) is 4.93. The van der Waals surface area contributed by atoms with E-state index in [0.717, 1.165) is 13.0 Å². The Balaban J connectivity index is 2.28. The molecule has 1 saturated heterocycles. The Morgan fingerprint density at radius 3 is 2.65 bits per heavy atom. The van der Waals surface area contributed by atoms with Crippen molar-refractivity contribution < 1.29 is 9.47 Å². The largest absolute Gasteiger partial charge is 0.379 e. The summed E-state index contributed by atoms with van der Waals surface area (Å²) in [5.74, 6) is -0.0379. The molecule has 2 atom stereocenters. The van der Waals surface area contributed by atoms with Gasteiger partial charge in [0, 0.05) is 23.0 Å². The molecule has 0 bridgehead atoms. The first-order valence-corrected chi connectivity index (χ1v) is 5.55. The van der Waals surface area contributed by atoms with E-state index in [1.165, 1.54) is 0 Å². The van der Waals surface area contributed by atoms with Gasteiger partial charge in [0.15, 0.2) is 0 Å². The van der Waals surface area contributed by atoms with E-state index in [-0.39, 0.29) is 12.0 Å². The molecule has 0 radical (unpaired) electrons. The summed E-state index contributed by atoms with van der Waals surface area (Å²) in [4.78, 5) is 5.32. The van der Waals surface area contributed by atoms with Gasteiger partial charge in [-0.15, -0.1) is 0 Å². The number of ether oxygens (including phenoxy) is 2. The van der Waals surface area contributed by atoms with Crippen molar-refractivity contribution in [2.75, 3.05) is 19.8 Å². The molecule has 17 heavy (non-hydrogen) atoms. The Bertz CT molecular complexity index is 299. The third-order valence-corrected chi connectivity index (χ3v) is 2.66. The molecular weight excluding hydrogens is 224 g/mol. The standard InChI is InChI=1S/C9H16N6O2/c1-7(9(12-14-10)13-15-11)2-5-17-8-3-4-16-6-8/h7-9H,2-6H2,1H3. The van der Waals surface area contributed by atoms with Crippen molar-refractivity contribution in [1.29, 1.82) is 0 Å². The van der Waals surface area contributed by atoms with E-state index in [4.69, 9.17) is 20.5 Å². The normalized spacial score (nSPS) is 22.3. The lowest BCUT2D eigenvalue weighted by Gasteiger charge is -2.16. The second kappa shape index (κ2) is 7.76. The smallest absolute Gasteiger partial charge is 0.118 e. The van der Waals surface area contributed by atoms with Crippen LogP contribution in [0.25, 0.3) is 20.9 Å². The summed E-state index contributed by atoms with van der Waals surface area (Å²) in [5, 5.41) is 6.89. The van der Waals surface area contributed by atoms with Crippen LogP contribution < -0.4 is 0 Å². The van der Waals surface area contributed by atoms with Crippen LogP contribution in [0.2, 0.25) is 0 Å². The molecule has 0 aromatic rings. The van der Waals surface area contributed by atoms with Gasteiger partial charge in [-0.05, 0) is 29.8 Å². The SMILES string of the molecule is CC(CCOC1CCOC1)C(N=[N+]=[N-])N=[N+]=[N-]. The van der Waals surface area contributed by atoms with Gasteiger partial charge < -0.3 is 9.47 Å². The van der Waals surface area contributed by atoms with Gasteiger partial charge in [-0.3, -0.25) is 0 Å². The zero-order valence-electron chi connectivity index (χ0n) is 9.77. The van der Waals surface area contributed by atoms with Crippen molar-refractivity contribution in [3.8, 4) is 0 Å². The highest BCUT2D eigenvalue weighted by Crippen LogP contribution is 2.16. The zero-order valence-corrected chi connectivity index (χ0v) is 9.77. The van der Waals surface area contributed by atoms with Crippen LogP contribution in [-0.4, -0.2) is 32.1 Å². The highest BCUT2D eigenvalue weighted by atomic mass is 16.5. The van der Waals surface area contributed by atoms with Crippen molar-refractivity contribution >= 4 is 0 Å². The van der Waals surface area contributed by atoms with Crippen LogP contribution in [0.3, 0.4) is 0 Å². The average molecular weight is 240 g/mol. The average Bonchev–Trinajstić information content (AvgIpc) is 2.81. The summed E-state index contributed by atoms with van der Waals surface area (Å²) in [7, 11) is 0. The minimum atomic E-state index is -0.687. The van der Waals surface area contributed by atoms with Crippen LogP contribution in [0.1, 0.15) is 19.8 Å². The Kier molecular flexibility index (Phi) is 6.21. The molecule has 1 fully saturated rings. The summed E-state index contributed by atoms with van der Waals surface area (Å²) >= 11 is 0. The number of hydrogen-bond acceptors (Lipinski definition) is 4. The lowest BCUT2D eigenvalue weighted by atomic mass is 10.1. The van der Waals surface area contributed by atoms with E-state index < -0.39 is 6.17 Å². The van der Waals surface area contributed by atoms with Gasteiger partial charge in [0.05, 0.1) is 12.7 Å². The van der Waals surface area contributed by atoms with Crippen molar-refractivity contribution in [2.24, 2.45) is 16.1 Å². The van der Waals surface area contributed by atoms with E-state index in [2.05, 4.69) is 20.1 Å². The van der Waals surface area contributed by atoms with Crippen LogP contribution in [0.5, 0.6) is 0 Å². The molecule has 8 heteroatoms. The monoisotopic (exact) mass is 240 g/mol. The minimum absolute atomic E-state index is 0.0379. The summed E-state index contributed by atoms with van der Waals surface area (Å²) < 4.78 is 10.8. The van der Waals surface area contributed by atoms with Crippen molar-refractivity contribution in [1.82, 2.24) is 0 Å². The third-order valence-electron chi connectivity index (χ3n) is 2.66. The Hall–Kier alpha value is -1.46. The van der Waals surface area contributed by atoms with E-state index in [9.17, 15) is 0 Å². The molecule has 8 nitrogen and oxygen atoms in total. The Labute approximate surface area is 99.1 Å². The van der Waals surface area contributed by atoms with Crippen LogP contribution in [0.15, 0.2) is 10.2 Å². The highest BCUT2D eigenvalue weighted by Gasteiger charge is 2.18. The van der Waals surface area contributed by atoms with Gasteiger partial charge in [-0.1, -0.05) is 17.2 Å². The molecule has 1 aliphatic rings. The summed E-state index contributed by atoms with van der Waals surface area (Å²) in [6, 6.07) is 0. The molecule has 1 heterocycles. The first-order chi connectivity index (χ1) is 8.27. The summed E-state index contributed by atoms with van der Waals surface area (Å²) in [6.45, 7) is 3.81. The van der Waals surface area contributed by atoms with Gasteiger partial charge >= 0.3 is 0 Å². The maximum Gasteiger partial charge on any atom is 0.118 e. The fourth-order valence-corrected chi connectivity index (χ4v) is 1.57. The zero-order chi connectivity index (χ0) is 12.5. The van der Waals surface area contributed by atoms with Crippen LogP contribution in [0, 0.1) is 5.92 Å². The van der Waals surface area contributed by atoms with E-state index in [1.807, 2.05) is 6.92 Å². The van der Waals surface area contributed by atoms with Gasteiger partial charge in [0.2, 0.25) is 0 Å². The molecule has 1 aliphatic heterocycles. The molecule has 1 rings (SSSR count). The molecule has 0 N–H and O–H groups in total. The first-order valence-electron chi connectivity index (χ1n) is 5.55. The topological polar surface area (TPSA) is 116 Å². The number of azide groups is 1. The first kappa shape index (κ1) is 13.6. The minimum Gasteiger partial charge on any atom is -0.379 e.